The lowest BCUT2D eigenvalue weighted by Crippen LogP contribution is -1.86. The third-order valence-corrected chi connectivity index (χ3v) is 3.38. The fourth-order valence-corrected chi connectivity index (χ4v) is 2.51. The van der Waals surface area contributed by atoms with Gasteiger partial charge in [-0.15, -0.1) is 11.3 Å². The summed E-state index contributed by atoms with van der Waals surface area (Å²) in [6, 6.07) is 8.61. The van der Waals surface area contributed by atoms with Crippen LogP contribution in [0.3, 0.4) is 0 Å². The first kappa shape index (κ1) is 11.1. The number of aromatic nitrogens is 1. The third kappa shape index (κ3) is 2.25. The Kier molecular flexibility index (Phi) is 3.25. The molecule has 2 aromatic rings. The van der Waals surface area contributed by atoms with Crippen LogP contribution in [0.1, 0.15) is 23.8 Å². The van der Waals surface area contributed by atoms with E-state index in [-0.39, 0.29) is 0 Å². The van der Waals surface area contributed by atoms with E-state index in [0.717, 1.165) is 17.7 Å². The molecule has 0 spiro atoms. The normalized spacial score (nSPS) is 10.6. The van der Waals surface area contributed by atoms with Gasteiger partial charge in [0.15, 0.2) is 5.13 Å². The Morgan fingerprint density at radius 3 is 2.44 bits per heavy atom. The lowest BCUT2D eigenvalue weighted by Gasteiger charge is -2.01. The third-order valence-electron chi connectivity index (χ3n) is 2.58. The number of nitrogen functional groups attached to an aromatic ring is 1. The van der Waals surface area contributed by atoms with Gasteiger partial charge in [0.25, 0.3) is 0 Å². The predicted molar refractivity (Wildman–Crippen MR) is 70.7 cm³/mol. The van der Waals surface area contributed by atoms with Crippen molar-refractivity contribution in [2.45, 2.75) is 26.7 Å². The first-order chi connectivity index (χ1) is 7.70. The van der Waals surface area contributed by atoms with Crippen LogP contribution in [0.15, 0.2) is 24.3 Å². The van der Waals surface area contributed by atoms with E-state index in [1.807, 2.05) is 0 Å². The summed E-state index contributed by atoms with van der Waals surface area (Å²) in [7, 11) is 0. The molecule has 0 bridgehead atoms. The van der Waals surface area contributed by atoms with Crippen molar-refractivity contribution in [2.75, 3.05) is 5.73 Å². The summed E-state index contributed by atoms with van der Waals surface area (Å²) in [4.78, 5) is 5.53. The highest BCUT2D eigenvalue weighted by Crippen LogP contribution is 2.28. The number of anilines is 1. The minimum atomic E-state index is 0.644. The summed E-state index contributed by atoms with van der Waals surface area (Å²) >= 11 is 1.55. The van der Waals surface area contributed by atoms with Crippen molar-refractivity contribution >= 4 is 16.5 Å². The molecule has 1 heterocycles. The molecule has 0 radical (unpaired) electrons. The molecule has 0 fully saturated rings. The van der Waals surface area contributed by atoms with Crippen molar-refractivity contribution in [1.29, 1.82) is 0 Å². The number of hydrogen-bond acceptors (Lipinski definition) is 3. The lowest BCUT2D eigenvalue weighted by molar-refractivity contribution is 0.922. The van der Waals surface area contributed by atoms with Crippen LogP contribution >= 0.6 is 11.3 Å². The standard InChI is InChI=1S/C13H16N2S/c1-3-4-10-5-7-11(8-6-10)12-9(2)16-13(14)15-12/h5-8H,3-4H2,1-2H3,(H2,14,15). The Hall–Kier alpha value is -1.35. The smallest absolute Gasteiger partial charge is 0.180 e. The molecule has 0 aliphatic carbocycles. The van der Waals surface area contributed by atoms with Crippen LogP contribution < -0.4 is 5.73 Å². The quantitative estimate of drug-likeness (QED) is 0.877. The molecule has 1 aromatic heterocycles. The van der Waals surface area contributed by atoms with Crippen molar-refractivity contribution in [2.24, 2.45) is 0 Å². The van der Waals surface area contributed by atoms with Gasteiger partial charge in [-0.2, -0.15) is 0 Å². The zero-order valence-corrected chi connectivity index (χ0v) is 10.5. The number of rotatable bonds is 3. The molecule has 0 atom stereocenters. The molecule has 2 rings (SSSR count). The Balaban J connectivity index is 2.31. The molecule has 84 valence electrons. The Bertz CT molecular complexity index is 471. The highest BCUT2D eigenvalue weighted by atomic mass is 32.1. The first-order valence-corrected chi connectivity index (χ1v) is 6.34. The fourth-order valence-electron chi connectivity index (χ4n) is 1.80. The number of aryl methyl sites for hydroxylation is 2. The van der Waals surface area contributed by atoms with Crippen LogP contribution in [0.2, 0.25) is 0 Å². The summed E-state index contributed by atoms with van der Waals surface area (Å²) in [5, 5.41) is 0.644. The molecule has 16 heavy (non-hydrogen) atoms. The van der Waals surface area contributed by atoms with Gasteiger partial charge in [-0.05, 0) is 18.9 Å². The lowest BCUT2D eigenvalue weighted by atomic mass is 10.1. The second-order valence-electron chi connectivity index (χ2n) is 3.90. The van der Waals surface area contributed by atoms with Gasteiger partial charge in [-0.25, -0.2) is 4.98 Å². The number of nitrogens with zero attached hydrogens (tertiary/aromatic N) is 1. The molecule has 0 saturated carbocycles. The van der Waals surface area contributed by atoms with Gasteiger partial charge in [-0.3, -0.25) is 0 Å². The van der Waals surface area contributed by atoms with E-state index in [0.29, 0.717) is 5.13 Å². The van der Waals surface area contributed by atoms with E-state index in [4.69, 9.17) is 5.73 Å². The van der Waals surface area contributed by atoms with Crippen molar-refractivity contribution in [1.82, 2.24) is 4.98 Å². The van der Waals surface area contributed by atoms with Gasteiger partial charge in [0.1, 0.15) is 0 Å². The minimum Gasteiger partial charge on any atom is -0.375 e. The topological polar surface area (TPSA) is 38.9 Å². The van der Waals surface area contributed by atoms with Gasteiger partial charge in [-0.1, -0.05) is 37.6 Å². The molecule has 0 aliphatic heterocycles. The maximum Gasteiger partial charge on any atom is 0.180 e. The van der Waals surface area contributed by atoms with Gasteiger partial charge < -0.3 is 5.73 Å². The maximum atomic E-state index is 5.70. The number of benzene rings is 1. The molecule has 2 nitrogen and oxygen atoms in total. The summed E-state index contributed by atoms with van der Waals surface area (Å²) in [6.45, 7) is 4.25. The van der Waals surface area contributed by atoms with Crippen LogP contribution in [0.5, 0.6) is 0 Å². The van der Waals surface area contributed by atoms with Crippen LogP contribution in [0.25, 0.3) is 11.3 Å². The maximum absolute atomic E-state index is 5.70. The van der Waals surface area contributed by atoms with Gasteiger partial charge in [0.05, 0.1) is 5.69 Å². The highest BCUT2D eigenvalue weighted by molar-refractivity contribution is 7.15. The van der Waals surface area contributed by atoms with E-state index in [1.54, 1.807) is 11.3 Å². The van der Waals surface area contributed by atoms with E-state index in [9.17, 15) is 0 Å². The first-order valence-electron chi connectivity index (χ1n) is 5.53. The van der Waals surface area contributed by atoms with E-state index < -0.39 is 0 Å². The SMILES string of the molecule is CCCc1ccc(-c2nc(N)sc2C)cc1. The van der Waals surface area contributed by atoms with Crippen LogP contribution in [-0.2, 0) is 6.42 Å². The number of thiazole rings is 1. The average Bonchev–Trinajstić information content (AvgIpc) is 2.59. The second kappa shape index (κ2) is 4.66. The van der Waals surface area contributed by atoms with E-state index >= 15 is 0 Å². The Morgan fingerprint density at radius 2 is 1.94 bits per heavy atom. The summed E-state index contributed by atoms with van der Waals surface area (Å²) < 4.78 is 0. The summed E-state index contributed by atoms with van der Waals surface area (Å²) in [6.07, 6.45) is 2.32. The molecule has 0 aliphatic rings. The zero-order chi connectivity index (χ0) is 11.5. The van der Waals surface area contributed by atoms with Crippen LogP contribution in [0.4, 0.5) is 5.13 Å². The fraction of sp³-hybridized carbons (Fsp3) is 0.308. The molecule has 0 amide bonds. The largest absolute Gasteiger partial charge is 0.375 e. The number of nitrogens with two attached hydrogens (primary N) is 1. The summed E-state index contributed by atoms with van der Waals surface area (Å²) in [5.74, 6) is 0. The van der Waals surface area contributed by atoms with Gasteiger partial charge in [0, 0.05) is 10.4 Å². The highest BCUT2D eigenvalue weighted by Gasteiger charge is 2.07. The van der Waals surface area contributed by atoms with Crippen molar-refractivity contribution in [3.05, 3.63) is 34.7 Å². The van der Waals surface area contributed by atoms with Crippen LogP contribution in [0, 0.1) is 6.92 Å². The molecular weight excluding hydrogens is 216 g/mol. The van der Waals surface area contributed by atoms with Crippen molar-refractivity contribution in [3.8, 4) is 11.3 Å². The predicted octanol–water partition coefficient (Wildman–Crippen LogP) is 3.65. The number of hydrogen-bond donors (Lipinski definition) is 1. The Labute approximate surface area is 100 Å². The molecule has 3 heteroatoms. The van der Waals surface area contributed by atoms with E-state index in [2.05, 4.69) is 43.1 Å². The Morgan fingerprint density at radius 1 is 1.25 bits per heavy atom. The van der Waals surface area contributed by atoms with Crippen molar-refractivity contribution in [3.63, 3.8) is 0 Å². The van der Waals surface area contributed by atoms with Gasteiger partial charge >= 0.3 is 0 Å². The molecule has 0 unspecified atom stereocenters. The zero-order valence-electron chi connectivity index (χ0n) is 9.66. The van der Waals surface area contributed by atoms with Crippen LogP contribution in [-0.4, -0.2) is 4.98 Å². The van der Waals surface area contributed by atoms with Gasteiger partial charge in [0.2, 0.25) is 0 Å². The molecule has 1 aromatic carbocycles. The van der Waals surface area contributed by atoms with Crippen molar-refractivity contribution < 1.29 is 0 Å². The summed E-state index contributed by atoms with van der Waals surface area (Å²) in [5.41, 5.74) is 9.26. The molecular formula is C13H16N2S. The average molecular weight is 232 g/mol. The molecule has 0 saturated heterocycles. The molecule has 2 N–H and O–H groups in total. The monoisotopic (exact) mass is 232 g/mol. The second-order valence-corrected chi connectivity index (χ2v) is 5.14. The van der Waals surface area contributed by atoms with E-state index in [1.165, 1.54) is 16.9 Å². The minimum absolute atomic E-state index is 0.644.